The van der Waals surface area contributed by atoms with Gasteiger partial charge in [0.05, 0.1) is 6.26 Å². The van der Waals surface area contributed by atoms with Gasteiger partial charge in [0.15, 0.2) is 0 Å². The highest BCUT2D eigenvalue weighted by Crippen LogP contribution is 2.20. The molecule has 1 aromatic heterocycles. The lowest BCUT2D eigenvalue weighted by molar-refractivity contribution is 0.613. The van der Waals surface area contributed by atoms with Gasteiger partial charge in [0.2, 0.25) is 0 Å². The molecule has 1 heteroatoms. The van der Waals surface area contributed by atoms with Crippen LogP contribution in [0, 0.1) is 13.8 Å². The third kappa shape index (κ3) is 3.43. The van der Waals surface area contributed by atoms with Crippen molar-refractivity contribution in [2.75, 3.05) is 0 Å². The lowest BCUT2D eigenvalue weighted by atomic mass is 10.1. The molecule has 15 heavy (non-hydrogen) atoms. The van der Waals surface area contributed by atoms with Gasteiger partial charge in [0, 0.05) is 5.39 Å². The number of benzene rings is 1. The highest BCUT2D eigenvalue weighted by molar-refractivity contribution is 5.81. The maximum Gasteiger partial charge on any atom is 0.134 e. The molecule has 0 amide bonds. The molecule has 2 aromatic rings. The first-order valence-corrected chi connectivity index (χ1v) is 5.72. The molecule has 0 aliphatic heterocycles. The van der Waals surface area contributed by atoms with Crippen molar-refractivity contribution in [1.82, 2.24) is 0 Å². The molecule has 2 rings (SSSR count). The van der Waals surface area contributed by atoms with Gasteiger partial charge in [-0.2, -0.15) is 0 Å². The Labute approximate surface area is 93.1 Å². The minimum absolute atomic E-state index is 0.980. The van der Waals surface area contributed by atoms with Crippen LogP contribution >= 0.6 is 0 Å². The van der Waals surface area contributed by atoms with Crippen molar-refractivity contribution in [3.8, 4) is 0 Å². The van der Waals surface area contributed by atoms with Gasteiger partial charge in [-0.1, -0.05) is 39.3 Å². The Balaban J connectivity index is 0.000000442. The molecule has 0 bridgehead atoms. The predicted octanol–water partition coefficient (Wildman–Crippen LogP) is 5.10. The zero-order chi connectivity index (χ0) is 11.8. The zero-order valence-corrected chi connectivity index (χ0v) is 10.7. The fraction of sp³-hybridized carbons (Fsp3) is 0.429. The summed E-state index contributed by atoms with van der Waals surface area (Å²) in [5, 5.41) is 1.23. The van der Waals surface area contributed by atoms with Gasteiger partial charge < -0.3 is 4.42 Å². The van der Waals surface area contributed by atoms with Crippen LogP contribution in [0.2, 0.25) is 0 Å². The van der Waals surface area contributed by atoms with Crippen molar-refractivity contribution in [3.63, 3.8) is 0 Å². The standard InChI is InChI=1S/C10H10O.2C2H6/c1-7-3-4-10-9(5-7)8(2)6-11-10;2*1-2/h3-6H,1-2H3;2*1-2H3. The van der Waals surface area contributed by atoms with Crippen LogP contribution in [-0.4, -0.2) is 0 Å². The van der Waals surface area contributed by atoms with E-state index in [4.69, 9.17) is 4.42 Å². The van der Waals surface area contributed by atoms with E-state index in [1.165, 1.54) is 16.5 Å². The summed E-state index contributed by atoms with van der Waals surface area (Å²) >= 11 is 0. The van der Waals surface area contributed by atoms with Gasteiger partial charge in [0.1, 0.15) is 5.58 Å². The summed E-state index contributed by atoms with van der Waals surface area (Å²) in [5.74, 6) is 0. The number of hydrogen-bond donors (Lipinski definition) is 0. The summed E-state index contributed by atoms with van der Waals surface area (Å²) in [6.07, 6.45) is 1.80. The molecule has 0 aliphatic rings. The highest BCUT2D eigenvalue weighted by Gasteiger charge is 1.99. The molecule has 1 aromatic carbocycles. The van der Waals surface area contributed by atoms with Crippen molar-refractivity contribution in [1.29, 1.82) is 0 Å². The number of fused-ring (bicyclic) bond motifs is 1. The van der Waals surface area contributed by atoms with Gasteiger partial charge in [-0.15, -0.1) is 0 Å². The van der Waals surface area contributed by atoms with Crippen LogP contribution in [0.1, 0.15) is 38.8 Å². The van der Waals surface area contributed by atoms with E-state index in [0.717, 1.165) is 5.58 Å². The van der Waals surface area contributed by atoms with Crippen molar-refractivity contribution < 1.29 is 4.42 Å². The second-order valence-corrected chi connectivity index (χ2v) is 2.92. The van der Waals surface area contributed by atoms with E-state index in [1.54, 1.807) is 6.26 Å². The quantitative estimate of drug-likeness (QED) is 0.584. The Bertz CT molecular complexity index is 385. The molecule has 0 spiro atoms. The average molecular weight is 206 g/mol. The fourth-order valence-electron chi connectivity index (χ4n) is 1.27. The Morgan fingerprint density at radius 1 is 0.933 bits per heavy atom. The van der Waals surface area contributed by atoms with E-state index in [2.05, 4.69) is 26.0 Å². The molecule has 1 heterocycles. The van der Waals surface area contributed by atoms with Crippen LogP contribution in [0.5, 0.6) is 0 Å². The van der Waals surface area contributed by atoms with Crippen LogP contribution in [-0.2, 0) is 0 Å². The molecule has 0 radical (unpaired) electrons. The van der Waals surface area contributed by atoms with E-state index in [1.807, 2.05) is 33.8 Å². The molecule has 1 nitrogen and oxygen atoms in total. The number of rotatable bonds is 0. The summed E-state index contributed by atoms with van der Waals surface area (Å²) in [5.41, 5.74) is 3.47. The number of furan rings is 1. The maximum absolute atomic E-state index is 5.30. The van der Waals surface area contributed by atoms with Gasteiger partial charge >= 0.3 is 0 Å². The average Bonchev–Trinajstić information content (AvgIpc) is 2.66. The maximum atomic E-state index is 5.30. The first-order chi connectivity index (χ1) is 7.27. The Morgan fingerprint density at radius 2 is 1.53 bits per heavy atom. The summed E-state index contributed by atoms with van der Waals surface area (Å²) in [4.78, 5) is 0. The minimum Gasteiger partial charge on any atom is -0.464 e. The molecule has 84 valence electrons. The third-order valence-corrected chi connectivity index (χ3v) is 1.92. The molecule has 0 fully saturated rings. The summed E-state index contributed by atoms with van der Waals surface area (Å²) < 4.78 is 5.30. The largest absolute Gasteiger partial charge is 0.464 e. The molecular formula is C14H22O. The normalized spacial score (nSPS) is 8.67. The summed E-state index contributed by atoms with van der Waals surface area (Å²) in [6.45, 7) is 12.1. The van der Waals surface area contributed by atoms with Gasteiger partial charge in [0.25, 0.3) is 0 Å². The van der Waals surface area contributed by atoms with E-state index >= 15 is 0 Å². The van der Waals surface area contributed by atoms with E-state index in [0.29, 0.717) is 0 Å². The monoisotopic (exact) mass is 206 g/mol. The van der Waals surface area contributed by atoms with Crippen LogP contribution in [0.4, 0.5) is 0 Å². The topological polar surface area (TPSA) is 13.1 Å². The number of hydrogen-bond acceptors (Lipinski definition) is 1. The second-order valence-electron chi connectivity index (χ2n) is 2.92. The van der Waals surface area contributed by atoms with Crippen LogP contribution < -0.4 is 0 Å². The SMILES string of the molecule is CC.CC.Cc1ccc2occ(C)c2c1. The zero-order valence-electron chi connectivity index (χ0n) is 10.7. The van der Waals surface area contributed by atoms with Crippen molar-refractivity contribution >= 4 is 11.0 Å². The van der Waals surface area contributed by atoms with Crippen molar-refractivity contribution in [2.24, 2.45) is 0 Å². The summed E-state index contributed by atoms with van der Waals surface area (Å²) in [6, 6.07) is 6.22. The molecule has 0 saturated heterocycles. The highest BCUT2D eigenvalue weighted by atomic mass is 16.3. The Morgan fingerprint density at radius 3 is 2.13 bits per heavy atom. The van der Waals surface area contributed by atoms with Crippen LogP contribution in [0.3, 0.4) is 0 Å². The van der Waals surface area contributed by atoms with Crippen molar-refractivity contribution in [2.45, 2.75) is 41.5 Å². The fourth-order valence-corrected chi connectivity index (χ4v) is 1.27. The lowest BCUT2D eigenvalue weighted by Gasteiger charge is -1.91. The number of aryl methyl sites for hydroxylation is 2. The van der Waals surface area contributed by atoms with Gasteiger partial charge in [-0.25, -0.2) is 0 Å². The molecule has 0 atom stereocenters. The van der Waals surface area contributed by atoms with E-state index < -0.39 is 0 Å². The molecule has 0 aliphatic carbocycles. The van der Waals surface area contributed by atoms with Crippen LogP contribution in [0.15, 0.2) is 28.9 Å². The first-order valence-electron chi connectivity index (χ1n) is 5.72. The molecular weight excluding hydrogens is 184 g/mol. The van der Waals surface area contributed by atoms with Crippen molar-refractivity contribution in [3.05, 3.63) is 35.6 Å². The second kappa shape index (κ2) is 7.10. The Kier molecular flexibility index (Phi) is 6.52. The Hall–Kier alpha value is -1.24. The molecule has 0 saturated carbocycles. The lowest BCUT2D eigenvalue weighted by Crippen LogP contribution is -1.71. The van der Waals surface area contributed by atoms with E-state index in [-0.39, 0.29) is 0 Å². The summed E-state index contributed by atoms with van der Waals surface area (Å²) in [7, 11) is 0. The van der Waals surface area contributed by atoms with E-state index in [9.17, 15) is 0 Å². The minimum atomic E-state index is 0.980. The molecule has 0 N–H and O–H groups in total. The smallest absolute Gasteiger partial charge is 0.134 e. The van der Waals surface area contributed by atoms with Crippen LogP contribution in [0.25, 0.3) is 11.0 Å². The molecule has 0 unspecified atom stereocenters. The predicted molar refractivity (Wildman–Crippen MR) is 68.4 cm³/mol. The van der Waals surface area contributed by atoms with Gasteiger partial charge in [-0.05, 0) is 31.5 Å². The third-order valence-electron chi connectivity index (χ3n) is 1.92. The van der Waals surface area contributed by atoms with Gasteiger partial charge in [-0.3, -0.25) is 0 Å². The first kappa shape index (κ1) is 13.8.